The summed E-state index contributed by atoms with van der Waals surface area (Å²) in [6, 6.07) is 16.2. The average molecular weight is 629 g/mol. The maximum atomic E-state index is 13.3. The van der Waals surface area contributed by atoms with Crippen LogP contribution >= 0.6 is 0 Å². The van der Waals surface area contributed by atoms with Gasteiger partial charge in [0.05, 0.1) is 17.9 Å². The minimum atomic E-state index is -1.22. The summed E-state index contributed by atoms with van der Waals surface area (Å²) in [5.41, 5.74) is 5.55. The molecule has 0 spiro atoms. The maximum Gasteiger partial charge on any atom is 0.337 e. The fourth-order valence-electron chi connectivity index (χ4n) is 5.92. The first-order chi connectivity index (χ1) is 21.7. The third kappa shape index (κ3) is 7.76. The molecular weight excluding hydrogens is 583 g/mol. The quantitative estimate of drug-likeness (QED) is 0.192. The predicted molar refractivity (Wildman–Crippen MR) is 179 cm³/mol. The molecule has 3 heterocycles. The van der Waals surface area contributed by atoms with Gasteiger partial charge in [-0.3, -0.25) is 9.67 Å². The zero-order chi connectivity index (χ0) is 33.2. The van der Waals surface area contributed by atoms with Crippen LogP contribution in [-0.4, -0.2) is 51.1 Å². The molecule has 244 valence electrons. The molecule has 1 atom stereocenters. The lowest BCUT2D eigenvalue weighted by Crippen LogP contribution is -2.39. The largest absolute Gasteiger partial charge is 0.493 e. The molecule has 1 aliphatic heterocycles. The van der Waals surface area contributed by atoms with Crippen LogP contribution < -0.4 is 9.64 Å². The molecule has 1 saturated heterocycles. The molecule has 8 nitrogen and oxygen atoms in total. The van der Waals surface area contributed by atoms with Gasteiger partial charge in [0.2, 0.25) is 0 Å². The van der Waals surface area contributed by atoms with Crippen molar-refractivity contribution in [2.45, 2.75) is 72.5 Å². The molecule has 1 N–H and O–H groups in total. The van der Waals surface area contributed by atoms with Crippen molar-refractivity contribution in [1.82, 2.24) is 14.8 Å². The molecule has 5 rings (SSSR count). The lowest BCUT2D eigenvalue weighted by Gasteiger charge is -2.41. The number of hydrogen-bond donors (Lipinski definition) is 1. The van der Waals surface area contributed by atoms with Crippen LogP contribution in [0, 0.1) is 18.2 Å². The minimum absolute atomic E-state index is 0.184. The second-order valence-electron chi connectivity index (χ2n) is 13.9. The number of benzene rings is 2. The number of aliphatic carboxylic acids is 1. The SMILES string of the molecule is Cc1nc(-c2ccn(C)n2)c(-c2ccc(OCCc3ccc(F)cc3)cc2)c(N2CCC(C)(C)CC2)c1C(OC(C)(C)C)C(=O)O. The Labute approximate surface area is 271 Å². The molecule has 2 aromatic heterocycles. The van der Waals surface area contributed by atoms with Crippen LogP contribution in [0.15, 0.2) is 60.8 Å². The lowest BCUT2D eigenvalue weighted by atomic mass is 9.81. The van der Waals surface area contributed by atoms with Gasteiger partial charge in [0.15, 0.2) is 6.10 Å². The van der Waals surface area contributed by atoms with Crippen molar-refractivity contribution in [2.24, 2.45) is 12.5 Å². The lowest BCUT2D eigenvalue weighted by molar-refractivity contribution is -0.160. The van der Waals surface area contributed by atoms with Gasteiger partial charge in [-0.05, 0) is 87.4 Å². The summed E-state index contributed by atoms with van der Waals surface area (Å²) in [5, 5.41) is 15.3. The number of aromatic nitrogens is 3. The Morgan fingerprint density at radius 2 is 1.70 bits per heavy atom. The predicted octanol–water partition coefficient (Wildman–Crippen LogP) is 7.79. The van der Waals surface area contributed by atoms with E-state index < -0.39 is 17.7 Å². The highest BCUT2D eigenvalue weighted by molar-refractivity contribution is 5.94. The topological polar surface area (TPSA) is 89.7 Å². The second-order valence-corrected chi connectivity index (χ2v) is 13.9. The summed E-state index contributed by atoms with van der Waals surface area (Å²) < 4.78 is 27.3. The zero-order valence-electron chi connectivity index (χ0n) is 27.9. The van der Waals surface area contributed by atoms with Crippen molar-refractivity contribution >= 4 is 11.7 Å². The van der Waals surface area contributed by atoms with E-state index in [0.717, 1.165) is 48.3 Å². The van der Waals surface area contributed by atoms with Gasteiger partial charge in [-0.25, -0.2) is 9.18 Å². The number of anilines is 1. The van der Waals surface area contributed by atoms with Crippen molar-refractivity contribution in [3.63, 3.8) is 0 Å². The van der Waals surface area contributed by atoms with Crippen LogP contribution in [-0.2, 0) is 23.0 Å². The molecule has 1 aliphatic rings. The molecule has 2 aromatic carbocycles. The molecule has 9 heteroatoms. The summed E-state index contributed by atoms with van der Waals surface area (Å²) in [6.45, 7) is 14.0. The Bertz CT molecular complexity index is 1660. The molecule has 1 fully saturated rings. The van der Waals surface area contributed by atoms with Gasteiger partial charge in [0.25, 0.3) is 0 Å². The molecule has 0 bridgehead atoms. The van der Waals surface area contributed by atoms with Crippen LogP contribution in [0.4, 0.5) is 10.1 Å². The van der Waals surface area contributed by atoms with E-state index >= 15 is 0 Å². The van der Waals surface area contributed by atoms with E-state index in [1.807, 2.05) is 71.3 Å². The van der Waals surface area contributed by atoms with Gasteiger partial charge >= 0.3 is 5.97 Å². The molecule has 0 aliphatic carbocycles. The summed E-state index contributed by atoms with van der Waals surface area (Å²) >= 11 is 0. The molecule has 0 radical (unpaired) electrons. The number of carboxylic acid groups (broad SMARTS) is 1. The number of piperidine rings is 1. The zero-order valence-corrected chi connectivity index (χ0v) is 27.9. The highest BCUT2D eigenvalue weighted by Gasteiger charge is 2.37. The first-order valence-corrected chi connectivity index (χ1v) is 15.9. The second kappa shape index (κ2) is 13.2. The number of rotatable bonds is 10. The number of hydrogen-bond acceptors (Lipinski definition) is 6. The van der Waals surface area contributed by atoms with E-state index in [4.69, 9.17) is 19.6 Å². The van der Waals surface area contributed by atoms with E-state index in [9.17, 15) is 14.3 Å². The van der Waals surface area contributed by atoms with Crippen LogP contribution in [0.25, 0.3) is 22.5 Å². The monoisotopic (exact) mass is 628 g/mol. The fourth-order valence-corrected chi connectivity index (χ4v) is 5.92. The summed E-state index contributed by atoms with van der Waals surface area (Å²) in [5.74, 6) is -0.613. The van der Waals surface area contributed by atoms with Crippen molar-refractivity contribution in [3.8, 4) is 28.3 Å². The number of aryl methyl sites for hydroxylation is 2. The van der Waals surface area contributed by atoms with Gasteiger partial charge in [0.1, 0.15) is 23.0 Å². The highest BCUT2D eigenvalue weighted by atomic mass is 19.1. The third-order valence-electron chi connectivity index (χ3n) is 8.46. The van der Waals surface area contributed by atoms with E-state index in [1.165, 1.54) is 12.1 Å². The molecule has 0 saturated carbocycles. The number of pyridine rings is 1. The maximum absolute atomic E-state index is 13.3. The number of carbonyl (C=O) groups is 1. The number of ether oxygens (including phenoxy) is 2. The Morgan fingerprint density at radius 1 is 1.04 bits per heavy atom. The fraction of sp³-hybridized carbons (Fsp3) is 0.432. The van der Waals surface area contributed by atoms with Gasteiger partial charge in [-0.1, -0.05) is 38.1 Å². The van der Waals surface area contributed by atoms with Gasteiger partial charge < -0.3 is 19.5 Å². The molecule has 1 unspecified atom stereocenters. The Morgan fingerprint density at radius 3 is 2.26 bits per heavy atom. The molecule has 4 aromatic rings. The van der Waals surface area contributed by atoms with Crippen LogP contribution in [0.5, 0.6) is 5.75 Å². The van der Waals surface area contributed by atoms with Gasteiger partial charge in [-0.2, -0.15) is 5.10 Å². The normalized spacial score (nSPS) is 15.5. The summed E-state index contributed by atoms with van der Waals surface area (Å²) in [6.07, 6.45) is 3.24. The van der Waals surface area contributed by atoms with Crippen LogP contribution in [0.3, 0.4) is 0 Å². The molecule has 46 heavy (non-hydrogen) atoms. The van der Waals surface area contributed by atoms with Crippen molar-refractivity contribution < 1.29 is 23.8 Å². The van der Waals surface area contributed by atoms with Crippen molar-refractivity contribution in [1.29, 1.82) is 0 Å². The van der Waals surface area contributed by atoms with E-state index in [1.54, 1.807) is 16.8 Å². The van der Waals surface area contributed by atoms with Crippen LogP contribution in [0.2, 0.25) is 0 Å². The minimum Gasteiger partial charge on any atom is -0.493 e. The first kappa shape index (κ1) is 33.1. The number of carboxylic acids is 1. The van der Waals surface area contributed by atoms with Crippen LogP contribution in [0.1, 0.15) is 70.4 Å². The number of nitrogens with zero attached hydrogens (tertiary/aromatic N) is 4. The highest BCUT2D eigenvalue weighted by Crippen LogP contribution is 2.47. The first-order valence-electron chi connectivity index (χ1n) is 15.9. The average Bonchev–Trinajstić information content (AvgIpc) is 3.42. The van der Waals surface area contributed by atoms with E-state index in [0.29, 0.717) is 41.4 Å². The summed E-state index contributed by atoms with van der Waals surface area (Å²) in [7, 11) is 1.87. The van der Waals surface area contributed by atoms with Crippen molar-refractivity contribution in [2.75, 3.05) is 24.6 Å². The Kier molecular flexibility index (Phi) is 9.54. The standard InChI is InChI=1S/C37H45FN4O4/c1-24-30(34(35(43)44)46-36(2,3)4)33(42-21-18-37(5,6)19-22-42)31(32(39-24)29-16-20-41(7)40-29)26-10-14-28(15-11-26)45-23-17-25-8-12-27(38)13-9-25/h8-16,20,34H,17-19,21-23H2,1-7H3,(H,43,44). The Hall–Kier alpha value is -4.24. The van der Waals surface area contributed by atoms with Gasteiger partial charge in [0, 0.05) is 49.6 Å². The summed E-state index contributed by atoms with van der Waals surface area (Å²) in [4.78, 5) is 20.3. The van der Waals surface area contributed by atoms with Crippen molar-refractivity contribution in [3.05, 3.63) is 83.4 Å². The van der Waals surface area contributed by atoms with Gasteiger partial charge in [-0.15, -0.1) is 0 Å². The van der Waals surface area contributed by atoms with E-state index in [2.05, 4.69) is 18.7 Å². The molecular formula is C37H45FN4O4. The van der Waals surface area contributed by atoms with E-state index in [-0.39, 0.29) is 11.2 Å². The Balaban J connectivity index is 1.63. The smallest absolute Gasteiger partial charge is 0.337 e. The third-order valence-corrected chi connectivity index (χ3v) is 8.46. The molecule has 0 amide bonds. The number of halogens is 1.